The molecule has 0 saturated carbocycles. The van der Waals surface area contributed by atoms with Crippen molar-refractivity contribution in [1.82, 2.24) is 24.4 Å². The number of H-pyrrole nitrogens is 1. The van der Waals surface area contributed by atoms with Gasteiger partial charge in [0.2, 0.25) is 0 Å². The molecule has 0 amide bonds. The number of benzene rings is 1. The van der Waals surface area contributed by atoms with Crippen LogP contribution in [-0.2, 0) is 6.54 Å². The summed E-state index contributed by atoms with van der Waals surface area (Å²) < 4.78 is 2.17. The molecule has 5 heteroatoms. The van der Waals surface area contributed by atoms with Crippen molar-refractivity contribution < 1.29 is 0 Å². The van der Waals surface area contributed by atoms with E-state index in [1.165, 1.54) is 11.1 Å². The van der Waals surface area contributed by atoms with Gasteiger partial charge in [-0.3, -0.25) is 0 Å². The minimum absolute atomic E-state index is 0.289. The molecule has 0 saturated heterocycles. The maximum Gasteiger partial charge on any atom is 0.158 e. The van der Waals surface area contributed by atoms with Crippen molar-refractivity contribution in [2.24, 2.45) is 0 Å². The predicted molar refractivity (Wildman–Crippen MR) is 87.4 cm³/mol. The molecule has 2 heterocycles. The van der Waals surface area contributed by atoms with Gasteiger partial charge in [0.1, 0.15) is 5.69 Å². The number of nitrogens with zero attached hydrogens (tertiary/aromatic N) is 4. The third-order valence-electron chi connectivity index (χ3n) is 4.00. The number of hydrogen-bond donors (Lipinski definition) is 1. The number of imidazole rings is 2. The summed E-state index contributed by atoms with van der Waals surface area (Å²) in [5.74, 6) is 0.915. The van der Waals surface area contributed by atoms with Crippen LogP contribution in [0.4, 0.5) is 0 Å². The van der Waals surface area contributed by atoms with E-state index in [9.17, 15) is 0 Å². The number of aromatic nitrogens is 4. The summed E-state index contributed by atoms with van der Waals surface area (Å²) in [6, 6.07) is 8.83. The molecule has 1 N–H and O–H groups in total. The van der Waals surface area contributed by atoms with E-state index in [1.807, 2.05) is 12.4 Å². The molecule has 1 atom stereocenters. The number of likely N-dealkylation sites (N-methyl/N-ethyl adjacent to an activating group) is 1. The van der Waals surface area contributed by atoms with Crippen LogP contribution in [0.5, 0.6) is 0 Å². The van der Waals surface area contributed by atoms with E-state index in [0.29, 0.717) is 0 Å². The standard InChI is InChI=1S/C17H21N5/c1-13-6-4-5-7-14(13)16(21(2)3)11-22-9-8-19-17(22)15-10-18-12-20-15/h4-10,12,16H,11H2,1-3H3,(H,18,20)/t16-/m0/s1. The fourth-order valence-corrected chi connectivity index (χ4v) is 2.77. The zero-order chi connectivity index (χ0) is 15.5. The summed E-state index contributed by atoms with van der Waals surface area (Å²) in [5, 5.41) is 0. The van der Waals surface area contributed by atoms with Crippen molar-refractivity contribution in [1.29, 1.82) is 0 Å². The van der Waals surface area contributed by atoms with Crippen LogP contribution in [0, 0.1) is 6.92 Å². The lowest BCUT2D eigenvalue weighted by Crippen LogP contribution is -2.25. The lowest BCUT2D eigenvalue weighted by Gasteiger charge is -2.27. The van der Waals surface area contributed by atoms with Gasteiger partial charge in [0.25, 0.3) is 0 Å². The van der Waals surface area contributed by atoms with Crippen molar-refractivity contribution >= 4 is 0 Å². The third kappa shape index (κ3) is 2.80. The summed E-state index contributed by atoms with van der Waals surface area (Å²) in [5.41, 5.74) is 3.59. The molecule has 0 unspecified atom stereocenters. The van der Waals surface area contributed by atoms with Crippen molar-refractivity contribution in [3.63, 3.8) is 0 Å². The van der Waals surface area contributed by atoms with Crippen LogP contribution in [0.15, 0.2) is 49.2 Å². The summed E-state index contributed by atoms with van der Waals surface area (Å²) in [4.78, 5) is 13.9. The zero-order valence-corrected chi connectivity index (χ0v) is 13.2. The second kappa shape index (κ2) is 6.15. The highest BCUT2D eigenvalue weighted by Crippen LogP contribution is 2.25. The Labute approximate surface area is 130 Å². The largest absolute Gasteiger partial charge is 0.342 e. The van der Waals surface area contributed by atoms with Crippen molar-refractivity contribution in [3.8, 4) is 11.5 Å². The molecule has 3 aromatic rings. The van der Waals surface area contributed by atoms with Crippen molar-refractivity contribution in [2.75, 3.05) is 14.1 Å². The second-order valence-electron chi connectivity index (χ2n) is 5.70. The average Bonchev–Trinajstić information content (AvgIpc) is 3.16. The maximum absolute atomic E-state index is 4.46. The highest BCUT2D eigenvalue weighted by Gasteiger charge is 2.18. The lowest BCUT2D eigenvalue weighted by molar-refractivity contribution is 0.269. The van der Waals surface area contributed by atoms with Crippen LogP contribution in [0.2, 0.25) is 0 Å². The number of aryl methyl sites for hydroxylation is 1. The first-order chi connectivity index (χ1) is 10.7. The Morgan fingerprint density at radius 2 is 2.09 bits per heavy atom. The molecule has 5 nitrogen and oxygen atoms in total. The molecular formula is C17H21N5. The van der Waals surface area contributed by atoms with E-state index in [4.69, 9.17) is 0 Å². The Morgan fingerprint density at radius 1 is 1.27 bits per heavy atom. The van der Waals surface area contributed by atoms with Gasteiger partial charge in [-0.1, -0.05) is 24.3 Å². The summed E-state index contributed by atoms with van der Waals surface area (Å²) in [7, 11) is 4.23. The highest BCUT2D eigenvalue weighted by atomic mass is 15.2. The molecule has 0 aliphatic carbocycles. The first-order valence-electron chi connectivity index (χ1n) is 7.38. The van der Waals surface area contributed by atoms with E-state index in [0.717, 1.165) is 18.1 Å². The van der Waals surface area contributed by atoms with E-state index in [1.54, 1.807) is 12.5 Å². The van der Waals surface area contributed by atoms with Crippen LogP contribution < -0.4 is 0 Å². The zero-order valence-electron chi connectivity index (χ0n) is 13.2. The molecule has 0 fully saturated rings. The molecule has 0 radical (unpaired) electrons. The topological polar surface area (TPSA) is 49.7 Å². The lowest BCUT2D eigenvalue weighted by atomic mass is 10.0. The molecule has 114 valence electrons. The second-order valence-corrected chi connectivity index (χ2v) is 5.70. The molecule has 0 bridgehead atoms. The number of hydrogen-bond acceptors (Lipinski definition) is 3. The van der Waals surface area contributed by atoms with Crippen molar-refractivity contribution in [3.05, 3.63) is 60.3 Å². The SMILES string of the molecule is Cc1ccccc1[C@H](Cn1ccnc1-c1cnc[nH]1)N(C)C. The predicted octanol–water partition coefficient (Wildman–Crippen LogP) is 2.88. The molecule has 0 spiro atoms. The molecule has 3 rings (SSSR count). The fraction of sp³-hybridized carbons (Fsp3) is 0.294. The normalized spacial score (nSPS) is 12.7. The monoisotopic (exact) mass is 295 g/mol. The minimum Gasteiger partial charge on any atom is -0.342 e. The Balaban J connectivity index is 1.93. The van der Waals surface area contributed by atoms with E-state index in [-0.39, 0.29) is 6.04 Å². The van der Waals surface area contributed by atoms with Gasteiger partial charge >= 0.3 is 0 Å². The molecular weight excluding hydrogens is 274 g/mol. The molecule has 0 aliphatic rings. The van der Waals surface area contributed by atoms with Gasteiger partial charge in [-0.2, -0.15) is 0 Å². The first kappa shape index (κ1) is 14.5. The van der Waals surface area contributed by atoms with Crippen LogP contribution in [0.25, 0.3) is 11.5 Å². The van der Waals surface area contributed by atoms with E-state index < -0.39 is 0 Å². The van der Waals surface area contributed by atoms with Gasteiger partial charge in [0.15, 0.2) is 5.82 Å². The Kier molecular flexibility index (Phi) is 4.06. The van der Waals surface area contributed by atoms with Gasteiger partial charge < -0.3 is 14.5 Å². The van der Waals surface area contributed by atoms with Crippen molar-refractivity contribution in [2.45, 2.75) is 19.5 Å². The highest BCUT2D eigenvalue weighted by molar-refractivity contribution is 5.48. The number of nitrogens with one attached hydrogen (secondary N) is 1. The fourth-order valence-electron chi connectivity index (χ4n) is 2.77. The Morgan fingerprint density at radius 3 is 2.77 bits per heavy atom. The smallest absolute Gasteiger partial charge is 0.158 e. The van der Waals surface area contributed by atoms with Gasteiger partial charge in [0, 0.05) is 18.9 Å². The first-order valence-corrected chi connectivity index (χ1v) is 7.38. The number of rotatable bonds is 5. The van der Waals surface area contributed by atoms with Crippen LogP contribution in [0.3, 0.4) is 0 Å². The van der Waals surface area contributed by atoms with E-state index in [2.05, 4.69) is 69.7 Å². The van der Waals surface area contributed by atoms with Crippen LogP contribution >= 0.6 is 0 Å². The Bertz CT molecular complexity index is 727. The maximum atomic E-state index is 4.46. The minimum atomic E-state index is 0.289. The molecule has 22 heavy (non-hydrogen) atoms. The molecule has 1 aromatic carbocycles. The average molecular weight is 295 g/mol. The molecule has 0 aliphatic heterocycles. The summed E-state index contributed by atoms with van der Waals surface area (Å²) in [6.45, 7) is 3.00. The van der Waals surface area contributed by atoms with Crippen LogP contribution in [-0.4, -0.2) is 38.5 Å². The summed E-state index contributed by atoms with van der Waals surface area (Å²) >= 11 is 0. The van der Waals surface area contributed by atoms with E-state index >= 15 is 0 Å². The molecule has 2 aromatic heterocycles. The van der Waals surface area contributed by atoms with Gasteiger partial charge in [-0.05, 0) is 32.1 Å². The third-order valence-corrected chi connectivity index (χ3v) is 4.00. The van der Waals surface area contributed by atoms with Gasteiger partial charge in [-0.15, -0.1) is 0 Å². The number of aromatic amines is 1. The quantitative estimate of drug-likeness (QED) is 0.787. The Hall–Kier alpha value is -2.40. The van der Waals surface area contributed by atoms with Crippen LogP contribution in [0.1, 0.15) is 17.2 Å². The van der Waals surface area contributed by atoms with Gasteiger partial charge in [0.05, 0.1) is 18.6 Å². The summed E-state index contributed by atoms with van der Waals surface area (Å²) in [6.07, 6.45) is 7.34. The van der Waals surface area contributed by atoms with Gasteiger partial charge in [-0.25, -0.2) is 9.97 Å².